The van der Waals surface area contributed by atoms with Gasteiger partial charge in [-0.2, -0.15) is 0 Å². The summed E-state index contributed by atoms with van der Waals surface area (Å²) in [5.74, 6) is 1.57. The first-order valence-corrected chi connectivity index (χ1v) is 14.6. The van der Waals surface area contributed by atoms with Crippen molar-refractivity contribution in [1.29, 1.82) is 0 Å². The van der Waals surface area contributed by atoms with Gasteiger partial charge in [0.05, 0.1) is 35.1 Å². The number of cyclic esters (lactones) is 1. The van der Waals surface area contributed by atoms with E-state index >= 15 is 0 Å². The summed E-state index contributed by atoms with van der Waals surface area (Å²) in [6.07, 6.45) is 3.39. The molecule has 11 heteroatoms. The highest BCUT2D eigenvalue weighted by molar-refractivity contribution is 7.22. The summed E-state index contributed by atoms with van der Waals surface area (Å²) >= 11 is 1.53. The fraction of sp³-hybridized carbons (Fsp3) is 0.536. The average molecular weight is 553 g/mol. The van der Waals surface area contributed by atoms with Gasteiger partial charge in [0.2, 0.25) is 0 Å². The molecule has 39 heavy (non-hydrogen) atoms. The minimum atomic E-state index is -0.310. The molecule has 6 rings (SSSR count). The first-order chi connectivity index (χ1) is 18.9. The molecule has 10 nitrogen and oxygen atoms in total. The maximum absolute atomic E-state index is 12.0. The number of nitrogens with zero attached hydrogens (tertiary/aromatic N) is 4. The minimum absolute atomic E-state index is 0.194. The van der Waals surface area contributed by atoms with Crippen molar-refractivity contribution in [3.8, 4) is 0 Å². The Kier molecular flexibility index (Phi) is 7.57. The van der Waals surface area contributed by atoms with Gasteiger partial charge in [0.1, 0.15) is 18.2 Å². The largest absolute Gasteiger partial charge is 0.447 e. The average Bonchev–Trinajstić information content (AvgIpc) is 3.49. The van der Waals surface area contributed by atoms with Gasteiger partial charge in [-0.1, -0.05) is 11.3 Å². The standard InChI is InChI=1S/C28H36N6O4S/c1-17-14-33(15-18(2)38-17)16-19-11-25(29-20-3-6-22(35)7-4-20)31-26(12-19)32-27-30-23-8-5-21(13-24(23)39-27)34-9-10-37-28(34)36/h5,8,11-13,17-18,20,22,35H,3-4,6-7,9-10,14-16H2,1-2H3,(H2,29,30,31,32)/t17-,18+,20-,22-. The van der Waals surface area contributed by atoms with Crippen molar-refractivity contribution < 1.29 is 19.4 Å². The molecule has 0 spiro atoms. The highest BCUT2D eigenvalue weighted by Gasteiger charge is 2.25. The first-order valence-electron chi connectivity index (χ1n) is 13.8. The lowest BCUT2D eigenvalue weighted by Gasteiger charge is -2.35. The van der Waals surface area contributed by atoms with Gasteiger partial charge in [-0.05, 0) is 75.4 Å². The Labute approximate surface area is 232 Å². The van der Waals surface area contributed by atoms with Gasteiger partial charge < -0.3 is 25.2 Å². The Morgan fingerprint density at radius 1 is 1.05 bits per heavy atom. The molecular formula is C28H36N6O4S. The summed E-state index contributed by atoms with van der Waals surface area (Å²) in [7, 11) is 0. The number of thiazole rings is 1. The molecule has 2 aromatic heterocycles. The maximum atomic E-state index is 12.0. The van der Waals surface area contributed by atoms with Gasteiger partial charge in [0, 0.05) is 31.4 Å². The Morgan fingerprint density at radius 3 is 2.56 bits per heavy atom. The summed E-state index contributed by atoms with van der Waals surface area (Å²) in [6.45, 7) is 7.81. The van der Waals surface area contributed by atoms with Crippen LogP contribution < -0.4 is 15.5 Å². The number of benzene rings is 1. The van der Waals surface area contributed by atoms with Crippen molar-refractivity contribution in [3.05, 3.63) is 35.9 Å². The Balaban J connectivity index is 1.24. The molecule has 3 aromatic rings. The van der Waals surface area contributed by atoms with Crippen LogP contribution in [-0.2, 0) is 16.0 Å². The van der Waals surface area contributed by atoms with Gasteiger partial charge in [-0.25, -0.2) is 14.8 Å². The number of morpholine rings is 1. The van der Waals surface area contributed by atoms with E-state index in [4.69, 9.17) is 19.4 Å². The zero-order valence-corrected chi connectivity index (χ0v) is 23.2. The summed E-state index contributed by atoms with van der Waals surface area (Å²) in [5.41, 5.74) is 2.85. The van der Waals surface area contributed by atoms with Crippen LogP contribution in [0.3, 0.4) is 0 Å². The molecule has 3 fully saturated rings. The summed E-state index contributed by atoms with van der Waals surface area (Å²) in [6, 6.07) is 10.4. The fourth-order valence-electron chi connectivity index (χ4n) is 5.79. The van der Waals surface area contributed by atoms with Crippen molar-refractivity contribution in [2.75, 3.05) is 41.8 Å². The molecule has 4 heterocycles. The predicted molar refractivity (Wildman–Crippen MR) is 153 cm³/mol. The van der Waals surface area contributed by atoms with Crippen LogP contribution in [0.15, 0.2) is 30.3 Å². The monoisotopic (exact) mass is 552 g/mol. The fourth-order valence-corrected chi connectivity index (χ4v) is 6.70. The van der Waals surface area contributed by atoms with Crippen LogP contribution in [0, 0.1) is 0 Å². The number of amides is 1. The van der Waals surface area contributed by atoms with E-state index in [1.807, 2.05) is 18.2 Å². The number of rotatable bonds is 7. The van der Waals surface area contributed by atoms with E-state index in [1.165, 1.54) is 16.9 Å². The lowest BCUT2D eigenvalue weighted by Crippen LogP contribution is -2.44. The van der Waals surface area contributed by atoms with Crippen molar-refractivity contribution in [1.82, 2.24) is 14.9 Å². The second kappa shape index (κ2) is 11.2. The first kappa shape index (κ1) is 26.2. The second-order valence-electron chi connectivity index (χ2n) is 10.9. The third-order valence-corrected chi connectivity index (χ3v) is 8.45. The summed E-state index contributed by atoms with van der Waals surface area (Å²) < 4.78 is 12.0. The summed E-state index contributed by atoms with van der Waals surface area (Å²) in [4.78, 5) is 25.7. The van der Waals surface area contributed by atoms with E-state index in [2.05, 4.69) is 41.5 Å². The zero-order valence-electron chi connectivity index (χ0n) is 22.4. The van der Waals surface area contributed by atoms with Crippen molar-refractivity contribution in [2.45, 2.75) is 70.4 Å². The number of nitrogens with one attached hydrogen (secondary N) is 2. The zero-order chi connectivity index (χ0) is 26.9. The number of aliphatic hydroxyl groups excluding tert-OH is 1. The third-order valence-electron chi connectivity index (χ3n) is 7.51. The Hall–Kier alpha value is -2.99. The van der Waals surface area contributed by atoms with Crippen molar-refractivity contribution in [3.63, 3.8) is 0 Å². The highest BCUT2D eigenvalue weighted by atomic mass is 32.1. The molecule has 0 radical (unpaired) electrons. The molecule has 1 aromatic carbocycles. The van der Waals surface area contributed by atoms with Gasteiger partial charge in [0.25, 0.3) is 0 Å². The number of anilines is 4. The molecule has 0 unspecified atom stereocenters. The van der Waals surface area contributed by atoms with Crippen LogP contribution in [0.1, 0.15) is 45.1 Å². The van der Waals surface area contributed by atoms with E-state index in [1.54, 1.807) is 4.90 Å². The Morgan fingerprint density at radius 2 is 1.82 bits per heavy atom. The number of aliphatic hydroxyl groups is 1. The minimum Gasteiger partial charge on any atom is -0.447 e. The van der Waals surface area contributed by atoms with Gasteiger partial charge in [-0.15, -0.1) is 0 Å². The number of hydrogen-bond acceptors (Lipinski definition) is 10. The smallest absolute Gasteiger partial charge is 0.414 e. The quantitative estimate of drug-likeness (QED) is 0.383. The topological polar surface area (TPSA) is 112 Å². The number of ether oxygens (including phenoxy) is 2. The molecule has 3 N–H and O–H groups in total. The number of carbonyl (C=O) groups is 1. The second-order valence-corrected chi connectivity index (χ2v) is 11.9. The lowest BCUT2D eigenvalue weighted by atomic mass is 9.93. The van der Waals surface area contributed by atoms with E-state index in [-0.39, 0.29) is 24.4 Å². The number of fused-ring (bicyclic) bond motifs is 1. The van der Waals surface area contributed by atoms with E-state index in [0.29, 0.717) is 19.2 Å². The molecule has 2 atom stereocenters. The molecule has 3 aliphatic rings. The SMILES string of the molecule is C[C@@H]1CN(Cc2cc(Nc3nc4ccc(N5CCOC5=O)cc4s3)nc(N[C@H]3CC[C@H](O)CC3)c2)C[C@H](C)O1. The Bertz CT molecular complexity index is 1320. The number of pyridine rings is 1. The molecule has 2 aliphatic heterocycles. The van der Waals surface area contributed by atoms with Crippen molar-refractivity contribution >= 4 is 50.1 Å². The number of aromatic nitrogens is 2. The third kappa shape index (κ3) is 6.27. The van der Waals surface area contributed by atoms with Crippen LogP contribution >= 0.6 is 11.3 Å². The molecule has 1 saturated carbocycles. The van der Waals surface area contributed by atoms with Gasteiger partial charge in [-0.3, -0.25) is 9.80 Å². The normalized spacial score (nSPS) is 26.1. The van der Waals surface area contributed by atoms with E-state index in [9.17, 15) is 9.90 Å². The molecule has 1 amide bonds. The van der Waals surface area contributed by atoms with E-state index < -0.39 is 0 Å². The molecule has 1 aliphatic carbocycles. The predicted octanol–water partition coefficient (Wildman–Crippen LogP) is 4.72. The number of carbonyl (C=O) groups excluding carboxylic acids is 1. The van der Waals surface area contributed by atoms with Crippen LogP contribution in [-0.4, -0.2) is 76.7 Å². The highest BCUT2D eigenvalue weighted by Crippen LogP contribution is 2.33. The lowest BCUT2D eigenvalue weighted by molar-refractivity contribution is -0.0704. The van der Waals surface area contributed by atoms with Crippen LogP contribution in [0.2, 0.25) is 0 Å². The van der Waals surface area contributed by atoms with Crippen molar-refractivity contribution in [2.24, 2.45) is 0 Å². The maximum Gasteiger partial charge on any atom is 0.414 e. The van der Waals surface area contributed by atoms with Gasteiger partial charge >= 0.3 is 6.09 Å². The number of hydrogen-bond donors (Lipinski definition) is 3. The van der Waals surface area contributed by atoms with Crippen LogP contribution in [0.4, 0.5) is 27.2 Å². The molecule has 2 saturated heterocycles. The van der Waals surface area contributed by atoms with Crippen LogP contribution in [0.25, 0.3) is 10.2 Å². The molecule has 0 bridgehead atoms. The van der Waals surface area contributed by atoms with E-state index in [0.717, 1.165) is 78.0 Å². The van der Waals surface area contributed by atoms with Gasteiger partial charge in [0.15, 0.2) is 5.13 Å². The molecule has 208 valence electrons. The van der Waals surface area contributed by atoms with Crippen LogP contribution in [0.5, 0.6) is 0 Å². The summed E-state index contributed by atoms with van der Waals surface area (Å²) in [5, 5.41) is 17.7. The molecular weight excluding hydrogens is 516 g/mol.